The molecule has 0 saturated carbocycles. The summed E-state index contributed by atoms with van der Waals surface area (Å²) in [6.45, 7) is 0. The van der Waals surface area contributed by atoms with Crippen molar-refractivity contribution in [3.8, 4) is 11.3 Å². The van der Waals surface area contributed by atoms with E-state index in [2.05, 4.69) is 20.7 Å². The highest BCUT2D eigenvalue weighted by Crippen LogP contribution is 2.17. The van der Waals surface area contributed by atoms with Crippen LogP contribution in [-0.2, 0) is 0 Å². The van der Waals surface area contributed by atoms with E-state index in [9.17, 15) is 4.79 Å². The first-order valence-electron chi connectivity index (χ1n) is 7.34. The second-order valence-corrected chi connectivity index (χ2v) is 5.88. The third-order valence-electron chi connectivity index (χ3n) is 3.39. The number of benzene rings is 2. The van der Waals surface area contributed by atoms with Crippen LogP contribution in [0.25, 0.3) is 11.3 Å². The van der Waals surface area contributed by atoms with Crippen LogP contribution < -0.4 is 5.43 Å². The molecule has 24 heavy (non-hydrogen) atoms. The summed E-state index contributed by atoms with van der Waals surface area (Å²) in [6.07, 6.45) is 3.63. The predicted molar refractivity (Wildman–Crippen MR) is 97.3 cm³/mol. The smallest absolute Gasteiger partial charge is 0.272 e. The Labute approximate surface area is 144 Å². The number of carbonyl (C=O) groups excluding carboxylic acids is 1. The van der Waals surface area contributed by atoms with Crippen LogP contribution in [0.15, 0.2) is 70.7 Å². The Morgan fingerprint density at radius 1 is 1.17 bits per heavy atom. The number of thioether (sulfide) groups is 1. The number of hydrogen-bond acceptors (Lipinski definition) is 4. The molecule has 0 aliphatic carbocycles. The highest BCUT2D eigenvalue weighted by Gasteiger charge is 2.09. The number of H-pyrrole nitrogens is 1. The summed E-state index contributed by atoms with van der Waals surface area (Å²) in [5, 5.41) is 10.9. The lowest BCUT2D eigenvalue weighted by Crippen LogP contribution is -2.17. The third-order valence-corrected chi connectivity index (χ3v) is 4.13. The summed E-state index contributed by atoms with van der Waals surface area (Å²) in [6, 6.07) is 19.3. The van der Waals surface area contributed by atoms with E-state index in [4.69, 9.17) is 0 Å². The highest BCUT2D eigenvalue weighted by atomic mass is 32.2. The van der Waals surface area contributed by atoms with Crippen molar-refractivity contribution < 1.29 is 4.79 Å². The summed E-state index contributed by atoms with van der Waals surface area (Å²) >= 11 is 1.68. The van der Waals surface area contributed by atoms with Crippen molar-refractivity contribution in [2.75, 3.05) is 6.26 Å². The maximum atomic E-state index is 12.1. The summed E-state index contributed by atoms with van der Waals surface area (Å²) in [7, 11) is 0. The normalized spacial score (nSPS) is 10.9. The zero-order chi connectivity index (χ0) is 16.8. The topological polar surface area (TPSA) is 70.1 Å². The molecule has 0 radical (unpaired) electrons. The average molecular weight is 336 g/mol. The van der Waals surface area contributed by atoms with E-state index in [-0.39, 0.29) is 5.91 Å². The fraction of sp³-hybridized carbons (Fsp3) is 0.0556. The zero-order valence-corrected chi connectivity index (χ0v) is 13.9. The molecule has 2 aromatic carbocycles. The Kier molecular flexibility index (Phi) is 5.08. The van der Waals surface area contributed by atoms with Crippen molar-refractivity contribution >= 4 is 23.9 Å². The Balaban J connectivity index is 1.62. The zero-order valence-electron chi connectivity index (χ0n) is 13.1. The molecule has 2 N–H and O–H groups in total. The van der Waals surface area contributed by atoms with E-state index < -0.39 is 0 Å². The van der Waals surface area contributed by atoms with Crippen LogP contribution in [0.5, 0.6) is 0 Å². The van der Waals surface area contributed by atoms with Crippen LogP contribution in [0.3, 0.4) is 0 Å². The molecule has 0 spiro atoms. The lowest BCUT2D eigenvalue weighted by Gasteiger charge is -1.97. The van der Waals surface area contributed by atoms with E-state index >= 15 is 0 Å². The van der Waals surface area contributed by atoms with Gasteiger partial charge in [0.05, 0.1) is 11.9 Å². The molecule has 0 unspecified atom stereocenters. The molecule has 6 heteroatoms. The number of hydrazone groups is 1. The molecule has 5 nitrogen and oxygen atoms in total. The van der Waals surface area contributed by atoms with E-state index in [1.165, 1.54) is 4.90 Å². The van der Waals surface area contributed by atoms with Crippen LogP contribution in [0, 0.1) is 0 Å². The van der Waals surface area contributed by atoms with Gasteiger partial charge in [0.2, 0.25) is 0 Å². The Hall–Kier alpha value is -2.86. The summed E-state index contributed by atoms with van der Waals surface area (Å²) in [5.74, 6) is -0.332. The van der Waals surface area contributed by atoms with Crippen LogP contribution in [0.2, 0.25) is 0 Å². The maximum absolute atomic E-state index is 12.1. The first kappa shape index (κ1) is 16.0. The Morgan fingerprint density at radius 3 is 2.62 bits per heavy atom. The van der Waals surface area contributed by atoms with Crippen LogP contribution in [-0.4, -0.2) is 28.6 Å². The second kappa shape index (κ2) is 7.61. The number of nitrogens with one attached hydrogen (secondary N) is 2. The predicted octanol–water partition coefficient (Wildman–Crippen LogP) is 3.56. The molecular weight excluding hydrogens is 320 g/mol. The fourth-order valence-electron chi connectivity index (χ4n) is 2.11. The van der Waals surface area contributed by atoms with Crippen LogP contribution in [0.4, 0.5) is 0 Å². The molecule has 0 aliphatic heterocycles. The highest BCUT2D eigenvalue weighted by molar-refractivity contribution is 7.98. The van der Waals surface area contributed by atoms with Gasteiger partial charge in [-0.15, -0.1) is 11.8 Å². The van der Waals surface area contributed by atoms with Crippen molar-refractivity contribution in [3.05, 3.63) is 71.9 Å². The van der Waals surface area contributed by atoms with Crippen molar-refractivity contribution in [2.24, 2.45) is 5.10 Å². The molecule has 0 atom stereocenters. The minimum Gasteiger partial charge on any atom is -0.272 e. The largest absolute Gasteiger partial charge is 0.289 e. The van der Waals surface area contributed by atoms with Gasteiger partial charge in [0.25, 0.3) is 5.91 Å². The Morgan fingerprint density at radius 2 is 1.92 bits per heavy atom. The second-order valence-electron chi connectivity index (χ2n) is 5.01. The Bertz CT molecular complexity index is 841. The number of hydrogen-bond donors (Lipinski definition) is 2. The average Bonchev–Trinajstić information content (AvgIpc) is 3.13. The molecule has 0 fully saturated rings. The van der Waals surface area contributed by atoms with Gasteiger partial charge < -0.3 is 0 Å². The number of amides is 1. The van der Waals surface area contributed by atoms with Gasteiger partial charge >= 0.3 is 0 Å². The molecule has 1 aromatic heterocycles. The van der Waals surface area contributed by atoms with E-state index in [1.54, 1.807) is 24.0 Å². The van der Waals surface area contributed by atoms with Gasteiger partial charge in [-0.1, -0.05) is 42.5 Å². The van der Waals surface area contributed by atoms with Crippen molar-refractivity contribution in [1.29, 1.82) is 0 Å². The van der Waals surface area contributed by atoms with Crippen LogP contribution in [0.1, 0.15) is 16.1 Å². The van der Waals surface area contributed by atoms with E-state index in [0.717, 1.165) is 16.8 Å². The summed E-state index contributed by atoms with van der Waals surface area (Å²) in [4.78, 5) is 13.3. The molecule has 3 rings (SSSR count). The lowest BCUT2D eigenvalue weighted by molar-refractivity contribution is 0.0950. The number of nitrogens with zero attached hydrogens (tertiary/aromatic N) is 2. The molecule has 120 valence electrons. The van der Waals surface area contributed by atoms with Gasteiger partial charge in [0.15, 0.2) is 0 Å². The van der Waals surface area contributed by atoms with Gasteiger partial charge in [0.1, 0.15) is 5.69 Å². The molecular formula is C18H16N4OS. The standard InChI is InChI=1S/C18H16N4OS/c1-24-15-9-7-13(8-10-15)12-19-22-18(23)17-11-16(20-21-17)14-5-3-2-4-6-14/h2-12H,1H3,(H,20,21)(H,22,23)/b19-12-. The van der Waals surface area contributed by atoms with Crippen molar-refractivity contribution in [3.63, 3.8) is 0 Å². The monoisotopic (exact) mass is 336 g/mol. The SMILES string of the molecule is CSc1ccc(/C=N\NC(=O)c2cc(-c3ccccc3)n[nH]2)cc1. The fourth-order valence-corrected chi connectivity index (χ4v) is 2.52. The van der Waals surface area contributed by atoms with E-state index in [1.807, 2.05) is 60.9 Å². The molecule has 0 saturated heterocycles. The summed E-state index contributed by atoms with van der Waals surface area (Å²) < 4.78 is 0. The van der Waals surface area contributed by atoms with Crippen molar-refractivity contribution in [1.82, 2.24) is 15.6 Å². The van der Waals surface area contributed by atoms with Gasteiger partial charge in [-0.2, -0.15) is 10.2 Å². The van der Waals surface area contributed by atoms with Crippen molar-refractivity contribution in [2.45, 2.75) is 4.90 Å². The quantitative estimate of drug-likeness (QED) is 0.425. The van der Waals surface area contributed by atoms with Gasteiger partial charge in [-0.3, -0.25) is 9.89 Å². The molecule has 0 aliphatic rings. The minimum atomic E-state index is -0.332. The lowest BCUT2D eigenvalue weighted by atomic mass is 10.1. The van der Waals surface area contributed by atoms with Gasteiger partial charge in [0, 0.05) is 10.5 Å². The first-order chi connectivity index (χ1) is 11.8. The number of aromatic nitrogens is 2. The summed E-state index contributed by atoms with van der Waals surface area (Å²) in [5.41, 5.74) is 5.45. The molecule has 1 heterocycles. The number of carbonyl (C=O) groups is 1. The molecule has 1 amide bonds. The molecule has 0 bridgehead atoms. The third kappa shape index (κ3) is 3.91. The maximum Gasteiger partial charge on any atom is 0.289 e. The van der Waals surface area contributed by atoms with E-state index in [0.29, 0.717) is 5.69 Å². The van der Waals surface area contributed by atoms with Gasteiger partial charge in [-0.25, -0.2) is 5.43 Å². The molecule has 3 aromatic rings. The van der Waals surface area contributed by atoms with Gasteiger partial charge in [-0.05, 0) is 30.0 Å². The first-order valence-corrected chi connectivity index (χ1v) is 8.57. The number of rotatable bonds is 5. The number of aromatic amines is 1. The van der Waals surface area contributed by atoms with Crippen LogP contribution >= 0.6 is 11.8 Å². The minimum absolute atomic E-state index is 0.332.